The van der Waals surface area contributed by atoms with Gasteiger partial charge in [0.2, 0.25) is 0 Å². The van der Waals surface area contributed by atoms with E-state index in [-0.39, 0.29) is 24.0 Å². The summed E-state index contributed by atoms with van der Waals surface area (Å²) in [4.78, 5) is 13.7. The minimum Gasteiger partial charge on any atom is -0.364 e. The van der Waals surface area contributed by atoms with Crippen molar-refractivity contribution in [3.63, 3.8) is 0 Å². The van der Waals surface area contributed by atoms with Gasteiger partial charge in [-0.1, -0.05) is 28.6 Å². The third kappa shape index (κ3) is 5.80. The van der Waals surface area contributed by atoms with Gasteiger partial charge in [-0.15, -0.1) is 24.0 Å². The Morgan fingerprint density at radius 1 is 1.17 bits per heavy atom. The second kappa shape index (κ2) is 10.7. The molecule has 0 aliphatic carbocycles. The van der Waals surface area contributed by atoms with Gasteiger partial charge in [-0.25, -0.2) is 4.98 Å². The van der Waals surface area contributed by atoms with Crippen LogP contribution in [-0.2, 0) is 6.54 Å². The molecule has 0 spiro atoms. The average molecular weight is 527 g/mol. The number of anilines is 1. The molecule has 3 heterocycles. The monoisotopic (exact) mass is 527 g/mol. The standard InChI is InChI=1S/C19H25N7OS.HI/c1-20-18(26-11-9-25(10-12-26)14-15-6-13-27-24-15)21-7-8-22-19-23-16-4-2-3-5-17(16)28-19;/h2-6,13H,7-12,14H2,1H3,(H,20,21)(H,22,23);1H. The summed E-state index contributed by atoms with van der Waals surface area (Å²) >= 11 is 1.68. The topological polar surface area (TPSA) is 81.8 Å². The van der Waals surface area contributed by atoms with Crippen molar-refractivity contribution < 1.29 is 4.52 Å². The predicted molar refractivity (Wildman–Crippen MR) is 128 cm³/mol. The lowest BCUT2D eigenvalue weighted by molar-refractivity contribution is 0.169. The molecule has 1 aliphatic heterocycles. The van der Waals surface area contributed by atoms with Crippen LogP contribution in [0.2, 0.25) is 0 Å². The van der Waals surface area contributed by atoms with Crippen molar-refractivity contribution in [2.75, 3.05) is 51.6 Å². The van der Waals surface area contributed by atoms with Gasteiger partial charge in [0.1, 0.15) is 6.26 Å². The number of fused-ring (bicyclic) bond motifs is 1. The van der Waals surface area contributed by atoms with E-state index >= 15 is 0 Å². The third-order valence-corrected chi connectivity index (χ3v) is 5.73. The molecule has 0 bridgehead atoms. The van der Waals surface area contributed by atoms with Gasteiger partial charge in [0.25, 0.3) is 0 Å². The predicted octanol–water partition coefficient (Wildman–Crippen LogP) is 2.71. The van der Waals surface area contributed by atoms with Crippen molar-refractivity contribution >= 4 is 56.6 Å². The molecule has 10 heteroatoms. The minimum absolute atomic E-state index is 0. The summed E-state index contributed by atoms with van der Waals surface area (Å²) < 4.78 is 6.12. The number of para-hydroxylation sites is 1. The molecular weight excluding hydrogens is 501 g/mol. The van der Waals surface area contributed by atoms with Crippen LogP contribution < -0.4 is 10.6 Å². The van der Waals surface area contributed by atoms with Crippen LogP contribution in [0.15, 0.2) is 46.1 Å². The van der Waals surface area contributed by atoms with Crippen LogP contribution >= 0.6 is 35.3 Å². The lowest BCUT2D eigenvalue weighted by Gasteiger charge is -2.36. The van der Waals surface area contributed by atoms with E-state index in [0.29, 0.717) is 0 Å². The highest BCUT2D eigenvalue weighted by Crippen LogP contribution is 2.24. The van der Waals surface area contributed by atoms with Gasteiger partial charge >= 0.3 is 0 Å². The molecule has 0 saturated carbocycles. The molecule has 3 aromatic rings. The fraction of sp³-hybridized carbons (Fsp3) is 0.421. The van der Waals surface area contributed by atoms with Gasteiger partial charge in [-0.3, -0.25) is 9.89 Å². The molecule has 8 nitrogen and oxygen atoms in total. The van der Waals surface area contributed by atoms with E-state index in [1.807, 2.05) is 31.3 Å². The number of nitrogens with one attached hydrogen (secondary N) is 2. The molecule has 1 saturated heterocycles. The van der Waals surface area contributed by atoms with Crippen LogP contribution in [-0.4, -0.2) is 72.2 Å². The lowest BCUT2D eigenvalue weighted by Crippen LogP contribution is -2.52. The van der Waals surface area contributed by atoms with Gasteiger partial charge in [0.05, 0.1) is 15.9 Å². The molecule has 0 unspecified atom stereocenters. The molecule has 0 amide bonds. The molecule has 0 radical (unpaired) electrons. The Balaban J connectivity index is 0.00000240. The molecule has 0 atom stereocenters. The fourth-order valence-electron chi connectivity index (χ4n) is 3.29. The summed E-state index contributed by atoms with van der Waals surface area (Å²) in [5.74, 6) is 0.951. The SMILES string of the molecule is CN=C(NCCNc1nc2ccccc2s1)N1CCN(Cc2ccon2)CC1.I. The summed E-state index contributed by atoms with van der Waals surface area (Å²) in [6, 6.07) is 10.1. The Morgan fingerprint density at radius 2 is 2.00 bits per heavy atom. The first-order valence-corrected chi connectivity index (χ1v) is 10.3. The largest absolute Gasteiger partial charge is 0.364 e. The van der Waals surface area contributed by atoms with Crippen LogP contribution in [0.1, 0.15) is 5.69 Å². The normalized spacial score (nSPS) is 15.3. The summed E-state index contributed by atoms with van der Waals surface area (Å²) in [6.45, 7) is 6.29. The van der Waals surface area contributed by atoms with E-state index in [1.165, 1.54) is 4.70 Å². The smallest absolute Gasteiger partial charge is 0.193 e. The van der Waals surface area contributed by atoms with Gasteiger partial charge in [0, 0.05) is 58.9 Å². The summed E-state index contributed by atoms with van der Waals surface area (Å²) in [5.41, 5.74) is 2.03. The number of rotatable bonds is 6. The molecule has 1 fully saturated rings. The minimum atomic E-state index is 0. The molecule has 1 aliphatic rings. The van der Waals surface area contributed by atoms with E-state index in [1.54, 1.807) is 17.6 Å². The zero-order chi connectivity index (χ0) is 19.2. The van der Waals surface area contributed by atoms with Gasteiger partial charge in [-0.05, 0) is 12.1 Å². The van der Waals surface area contributed by atoms with Gasteiger partial charge < -0.3 is 20.1 Å². The average Bonchev–Trinajstić information content (AvgIpc) is 3.38. The Hall–Kier alpha value is -1.92. The first kappa shape index (κ1) is 21.8. The van der Waals surface area contributed by atoms with E-state index in [2.05, 4.69) is 41.6 Å². The number of benzene rings is 1. The highest BCUT2D eigenvalue weighted by atomic mass is 127. The molecule has 156 valence electrons. The van der Waals surface area contributed by atoms with E-state index in [9.17, 15) is 0 Å². The van der Waals surface area contributed by atoms with Gasteiger partial charge in [0.15, 0.2) is 11.1 Å². The Labute approximate surface area is 191 Å². The number of halogens is 1. The molecule has 2 N–H and O–H groups in total. The third-order valence-electron chi connectivity index (χ3n) is 4.74. The molecule has 2 aromatic heterocycles. The number of piperazine rings is 1. The number of guanidine groups is 1. The first-order chi connectivity index (χ1) is 13.8. The second-order valence-electron chi connectivity index (χ2n) is 6.64. The number of aliphatic imine (C=N–C) groups is 1. The quantitative estimate of drug-likeness (QED) is 0.221. The lowest BCUT2D eigenvalue weighted by atomic mass is 10.3. The highest BCUT2D eigenvalue weighted by molar-refractivity contribution is 14.0. The van der Waals surface area contributed by atoms with Crippen molar-refractivity contribution in [3.8, 4) is 0 Å². The van der Waals surface area contributed by atoms with Gasteiger partial charge in [-0.2, -0.15) is 0 Å². The molecular formula is C19H26IN7OS. The summed E-state index contributed by atoms with van der Waals surface area (Å²) in [7, 11) is 1.84. The van der Waals surface area contributed by atoms with Crippen LogP contribution in [0, 0.1) is 0 Å². The van der Waals surface area contributed by atoms with Crippen molar-refractivity contribution in [1.29, 1.82) is 0 Å². The fourth-order valence-corrected chi connectivity index (χ4v) is 4.18. The Kier molecular flexibility index (Phi) is 8.07. The Bertz CT molecular complexity index is 873. The zero-order valence-corrected chi connectivity index (χ0v) is 19.5. The first-order valence-electron chi connectivity index (χ1n) is 9.48. The van der Waals surface area contributed by atoms with Crippen LogP contribution in [0.5, 0.6) is 0 Å². The van der Waals surface area contributed by atoms with E-state index in [4.69, 9.17) is 4.52 Å². The zero-order valence-electron chi connectivity index (χ0n) is 16.4. The van der Waals surface area contributed by atoms with Crippen molar-refractivity contribution in [2.24, 2.45) is 4.99 Å². The van der Waals surface area contributed by atoms with Crippen LogP contribution in [0.3, 0.4) is 0 Å². The van der Waals surface area contributed by atoms with Crippen molar-refractivity contribution in [2.45, 2.75) is 6.54 Å². The Morgan fingerprint density at radius 3 is 2.72 bits per heavy atom. The number of nitrogens with zero attached hydrogens (tertiary/aromatic N) is 5. The number of thiazole rings is 1. The van der Waals surface area contributed by atoms with Crippen molar-refractivity contribution in [1.82, 2.24) is 25.3 Å². The van der Waals surface area contributed by atoms with E-state index < -0.39 is 0 Å². The van der Waals surface area contributed by atoms with E-state index in [0.717, 1.165) is 68.1 Å². The molecule has 4 rings (SSSR count). The summed E-state index contributed by atoms with van der Waals surface area (Å²) in [6.07, 6.45) is 1.62. The number of aromatic nitrogens is 2. The second-order valence-corrected chi connectivity index (χ2v) is 7.67. The van der Waals surface area contributed by atoms with Crippen molar-refractivity contribution in [3.05, 3.63) is 42.3 Å². The maximum Gasteiger partial charge on any atom is 0.193 e. The van der Waals surface area contributed by atoms with Crippen LogP contribution in [0.25, 0.3) is 10.2 Å². The van der Waals surface area contributed by atoms with Crippen LogP contribution in [0.4, 0.5) is 5.13 Å². The maximum absolute atomic E-state index is 4.91. The molecule has 29 heavy (non-hydrogen) atoms. The maximum atomic E-state index is 4.91. The highest BCUT2D eigenvalue weighted by Gasteiger charge is 2.20. The molecule has 1 aromatic carbocycles. The number of hydrogen-bond donors (Lipinski definition) is 2. The summed E-state index contributed by atoms with van der Waals surface area (Å²) in [5, 5.41) is 11.8. The number of hydrogen-bond acceptors (Lipinski definition) is 7.